The molecule has 2 rings (SSSR count). The van der Waals surface area contributed by atoms with Gasteiger partial charge >= 0.3 is 0 Å². The number of nitrogens with two attached hydrogens (primary N) is 1. The van der Waals surface area contributed by atoms with Crippen molar-refractivity contribution in [2.75, 3.05) is 11.1 Å². The standard InChI is InChI=1S/C9H14N4/c1-2-6-5-7(6)11-9-4-3-8(10)12-13-9/h3-4,6-7H,2,5H2,1H3,(H2,10,12)(H,11,13). The predicted octanol–water partition coefficient (Wildman–Crippen LogP) is 1.27. The van der Waals surface area contributed by atoms with E-state index < -0.39 is 0 Å². The summed E-state index contributed by atoms with van der Waals surface area (Å²) in [5.74, 6) is 2.11. The topological polar surface area (TPSA) is 63.8 Å². The third-order valence-corrected chi connectivity index (χ3v) is 2.47. The number of aromatic nitrogens is 2. The summed E-state index contributed by atoms with van der Waals surface area (Å²) in [4.78, 5) is 0. The molecule has 0 radical (unpaired) electrons. The van der Waals surface area contributed by atoms with Gasteiger partial charge < -0.3 is 11.1 Å². The van der Waals surface area contributed by atoms with Crippen LogP contribution in [-0.2, 0) is 0 Å². The lowest BCUT2D eigenvalue weighted by molar-refractivity contribution is 0.772. The van der Waals surface area contributed by atoms with Crippen LogP contribution in [0.4, 0.5) is 11.6 Å². The Morgan fingerprint density at radius 2 is 2.38 bits per heavy atom. The Balaban J connectivity index is 1.92. The number of anilines is 2. The molecule has 1 aliphatic rings. The van der Waals surface area contributed by atoms with Gasteiger partial charge in [-0.05, 0) is 24.5 Å². The van der Waals surface area contributed by atoms with Crippen molar-refractivity contribution >= 4 is 11.6 Å². The molecule has 0 spiro atoms. The Labute approximate surface area is 77.5 Å². The highest BCUT2D eigenvalue weighted by Crippen LogP contribution is 2.35. The third kappa shape index (κ3) is 1.88. The fraction of sp³-hybridized carbons (Fsp3) is 0.556. The zero-order valence-electron chi connectivity index (χ0n) is 7.70. The molecule has 0 aromatic carbocycles. The van der Waals surface area contributed by atoms with Crippen LogP contribution in [0.25, 0.3) is 0 Å². The van der Waals surface area contributed by atoms with Crippen LogP contribution in [0.3, 0.4) is 0 Å². The summed E-state index contributed by atoms with van der Waals surface area (Å²) in [5.41, 5.74) is 5.43. The summed E-state index contributed by atoms with van der Waals surface area (Å²) in [6.45, 7) is 2.21. The van der Waals surface area contributed by atoms with Crippen LogP contribution < -0.4 is 11.1 Å². The van der Waals surface area contributed by atoms with E-state index >= 15 is 0 Å². The van der Waals surface area contributed by atoms with Crippen LogP contribution in [-0.4, -0.2) is 16.2 Å². The molecule has 2 atom stereocenters. The maximum Gasteiger partial charge on any atom is 0.149 e. The van der Waals surface area contributed by atoms with Crippen LogP contribution in [0.15, 0.2) is 12.1 Å². The number of rotatable bonds is 3. The first kappa shape index (κ1) is 8.29. The molecular weight excluding hydrogens is 164 g/mol. The molecule has 1 saturated carbocycles. The fourth-order valence-corrected chi connectivity index (χ4v) is 1.49. The summed E-state index contributed by atoms with van der Waals surface area (Å²) >= 11 is 0. The van der Waals surface area contributed by atoms with E-state index in [1.54, 1.807) is 6.07 Å². The summed E-state index contributed by atoms with van der Waals surface area (Å²) in [7, 11) is 0. The molecule has 0 saturated heterocycles. The molecule has 1 fully saturated rings. The molecule has 4 heteroatoms. The molecule has 1 aromatic heterocycles. The Morgan fingerprint density at radius 3 is 2.92 bits per heavy atom. The number of nitrogens with zero attached hydrogens (tertiary/aromatic N) is 2. The van der Waals surface area contributed by atoms with Gasteiger partial charge in [-0.2, -0.15) is 0 Å². The summed E-state index contributed by atoms with van der Waals surface area (Å²) in [5, 5.41) is 11.0. The highest BCUT2D eigenvalue weighted by molar-refractivity contribution is 5.40. The number of hydrogen-bond donors (Lipinski definition) is 2. The molecule has 0 amide bonds. The second-order valence-corrected chi connectivity index (χ2v) is 3.50. The third-order valence-electron chi connectivity index (χ3n) is 2.47. The highest BCUT2D eigenvalue weighted by Gasteiger charge is 2.35. The molecule has 1 heterocycles. The molecule has 0 aliphatic heterocycles. The molecule has 0 bridgehead atoms. The normalized spacial score (nSPS) is 25.6. The van der Waals surface area contributed by atoms with Gasteiger partial charge in [0.05, 0.1) is 0 Å². The SMILES string of the molecule is CCC1CC1Nc1ccc(N)nn1. The van der Waals surface area contributed by atoms with Crippen LogP contribution in [0, 0.1) is 5.92 Å². The van der Waals surface area contributed by atoms with E-state index in [-0.39, 0.29) is 0 Å². The minimum Gasteiger partial charge on any atom is -0.382 e. The van der Waals surface area contributed by atoms with Crippen LogP contribution in [0.5, 0.6) is 0 Å². The average molecular weight is 178 g/mol. The van der Waals surface area contributed by atoms with Gasteiger partial charge in [-0.3, -0.25) is 0 Å². The van der Waals surface area contributed by atoms with E-state index in [9.17, 15) is 0 Å². The summed E-state index contributed by atoms with van der Waals surface area (Å²) in [6.07, 6.45) is 2.49. The van der Waals surface area contributed by atoms with Crippen LogP contribution in [0.1, 0.15) is 19.8 Å². The van der Waals surface area contributed by atoms with Crippen molar-refractivity contribution in [2.45, 2.75) is 25.8 Å². The Hall–Kier alpha value is -1.32. The zero-order chi connectivity index (χ0) is 9.26. The van der Waals surface area contributed by atoms with E-state index in [2.05, 4.69) is 22.4 Å². The first-order valence-electron chi connectivity index (χ1n) is 4.65. The van der Waals surface area contributed by atoms with Crippen molar-refractivity contribution in [2.24, 2.45) is 5.92 Å². The van der Waals surface area contributed by atoms with Crippen molar-refractivity contribution in [1.29, 1.82) is 0 Å². The van der Waals surface area contributed by atoms with E-state index in [0.717, 1.165) is 11.7 Å². The van der Waals surface area contributed by atoms with E-state index in [1.807, 2.05) is 6.07 Å². The molecule has 1 aromatic rings. The summed E-state index contributed by atoms with van der Waals surface area (Å²) in [6, 6.07) is 4.23. The van der Waals surface area contributed by atoms with E-state index in [1.165, 1.54) is 12.8 Å². The first-order chi connectivity index (χ1) is 6.29. The lowest BCUT2D eigenvalue weighted by atomic mass is 10.3. The first-order valence-corrected chi connectivity index (χ1v) is 4.65. The molecule has 13 heavy (non-hydrogen) atoms. The van der Waals surface area contributed by atoms with Gasteiger partial charge in [0.25, 0.3) is 0 Å². The van der Waals surface area contributed by atoms with Crippen LogP contribution >= 0.6 is 0 Å². The zero-order valence-corrected chi connectivity index (χ0v) is 7.70. The second kappa shape index (κ2) is 3.20. The minimum atomic E-state index is 0.466. The van der Waals surface area contributed by atoms with Crippen molar-refractivity contribution in [1.82, 2.24) is 10.2 Å². The lowest BCUT2D eigenvalue weighted by Gasteiger charge is -2.02. The van der Waals surface area contributed by atoms with Gasteiger partial charge in [-0.25, -0.2) is 0 Å². The monoisotopic (exact) mass is 178 g/mol. The van der Waals surface area contributed by atoms with Crippen molar-refractivity contribution in [3.8, 4) is 0 Å². The smallest absolute Gasteiger partial charge is 0.149 e. The van der Waals surface area contributed by atoms with Gasteiger partial charge in [-0.15, -0.1) is 10.2 Å². The highest BCUT2D eigenvalue weighted by atomic mass is 15.2. The number of nitrogen functional groups attached to an aromatic ring is 1. The lowest BCUT2D eigenvalue weighted by Crippen LogP contribution is -2.07. The number of hydrogen-bond acceptors (Lipinski definition) is 4. The molecule has 4 nitrogen and oxygen atoms in total. The molecular formula is C9H14N4. The van der Waals surface area contributed by atoms with Gasteiger partial charge in [0.15, 0.2) is 0 Å². The van der Waals surface area contributed by atoms with E-state index in [4.69, 9.17) is 5.73 Å². The van der Waals surface area contributed by atoms with Crippen LogP contribution in [0.2, 0.25) is 0 Å². The van der Waals surface area contributed by atoms with Gasteiger partial charge in [-0.1, -0.05) is 13.3 Å². The summed E-state index contributed by atoms with van der Waals surface area (Å²) < 4.78 is 0. The molecule has 2 unspecified atom stereocenters. The Kier molecular flexibility index (Phi) is 2.04. The van der Waals surface area contributed by atoms with Crippen molar-refractivity contribution in [3.05, 3.63) is 12.1 Å². The van der Waals surface area contributed by atoms with Crippen molar-refractivity contribution < 1.29 is 0 Å². The Morgan fingerprint density at radius 1 is 1.54 bits per heavy atom. The Bertz CT molecular complexity index is 282. The average Bonchev–Trinajstić information content (AvgIpc) is 2.88. The largest absolute Gasteiger partial charge is 0.382 e. The quantitative estimate of drug-likeness (QED) is 0.731. The van der Waals surface area contributed by atoms with Crippen molar-refractivity contribution in [3.63, 3.8) is 0 Å². The molecule has 3 N–H and O–H groups in total. The second-order valence-electron chi connectivity index (χ2n) is 3.50. The molecule has 1 aliphatic carbocycles. The molecule has 70 valence electrons. The minimum absolute atomic E-state index is 0.466. The maximum absolute atomic E-state index is 5.43. The predicted molar refractivity (Wildman–Crippen MR) is 52.3 cm³/mol. The van der Waals surface area contributed by atoms with Gasteiger partial charge in [0.2, 0.25) is 0 Å². The van der Waals surface area contributed by atoms with E-state index in [0.29, 0.717) is 11.9 Å². The number of nitrogens with one attached hydrogen (secondary N) is 1. The van der Waals surface area contributed by atoms with Gasteiger partial charge in [0.1, 0.15) is 11.6 Å². The maximum atomic E-state index is 5.43. The fourth-order valence-electron chi connectivity index (χ4n) is 1.49. The van der Waals surface area contributed by atoms with Gasteiger partial charge in [0, 0.05) is 6.04 Å².